The molecular formula is C72H63BN2O. The molecule has 370 valence electrons. The van der Waals surface area contributed by atoms with Crippen molar-refractivity contribution in [2.45, 2.75) is 102 Å². The van der Waals surface area contributed by atoms with E-state index in [0.717, 1.165) is 49.3 Å². The second-order valence-corrected chi connectivity index (χ2v) is 24.4. The van der Waals surface area contributed by atoms with Crippen molar-refractivity contribution in [3.63, 3.8) is 0 Å². The molecule has 15 rings (SSSR count). The first kappa shape index (κ1) is 45.6. The minimum absolute atomic E-state index is 0.00369. The Balaban J connectivity index is 1.15. The number of para-hydroxylation sites is 2. The van der Waals surface area contributed by atoms with Gasteiger partial charge < -0.3 is 9.23 Å². The second kappa shape index (κ2) is 16.1. The Morgan fingerprint density at radius 3 is 1.82 bits per heavy atom. The largest absolute Gasteiger partial charge is 0.440 e. The van der Waals surface area contributed by atoms with Crippen molar-refractivity contribution in [1.29, 1.82) is 0 Å². The third-order valence-electron chi connectivity index (χ3n) is 18.9. The Morgan fingerprint density at radius 1 is 0.487 bits per heavy atom. The van der Waals surface area contributed by atoms with Crippen LogP contribution in [0.2, 0.25) is 0 Å². The molecule has 10 aromatic rings. The van der Waals surface area contributed by atoms with E-state index in [4.69, 9.17) is 4.42 Å². The van der Waals surface area contributed by atoms with Gasteiger partial charge in [0.15, 0.2) is 0 Å². The summed E-state index contributed by atoms with van der Waals surface area (Å²) in [6, 6.07) is 74.5. The summed E-state index contributed by atoms with van der Waals surface area (Å²) in [7, 11) is 0. The lowest BCUT2D eigenvalue weighted by Gasteiger charge is -2.53. The van der Waals surface area contributed by atoms with E-state index in [-0.39, 0.29) is 23.1 Å². The highest BCUT2D eigenvalue weighted by atomic mass is 16.4. The van der Waals surface area contributed by atoms with Crippen LogP contribution in [0.1, 0.15) is 124 Å². The quantitative estimate of drug-likeness (QED) is 0.148. The molecule has 0 fully saturated rings. The van der Waals surface area contributed by atoms with Gasteiger partial charge in [0.1, 0.15) is 5.58 Å². The van der Waals surface area contributed by atoms with E-state index in [0.29, 0.717) is 0 Å². The highest BCUT2D eigenvalue weighted by molar-refractivity contribution is 6.95. The average Bonchev–Trinajstić information content (AvgIpc) is 4.05. The van der Waals surface area contributed by atoms with Crippen LogP contribution in [-0.2, 0) is 28.1 Å². The number of hydrogen-bond donors (Lipinski definition) is 0. The van der Waals surface area contributed by atoms with Gasteiger partial charge in [-0.3, -0.25) is 4.90 Å². The SMILES string of the molecule is CCCCc1ccc(N2c3oc4cc5c(cc4c3B3c4c(cc6c(c42)C(C)(C)c2ccccc2-6)-c2cccc4c2N3c2ccccc2C4(c2ccccc2)c2ccccc2)C(C)(C)CCC5(C)C)c(-c2ccccc2)c1. The number of aryl methyl sites for hydroxylation is 1. The van der Waals surface area contributed by atoms with Crippen molar-refractivity contribution in [1.82, 2.24) is 0 Å². The molecule has 9 aromatic carbocycles. The number of benzene rings is 9. The van der Waals surface area contributed by atoms with Crippen LogP contribution in [-0.4, -0.2) is 6.85 Å². The maximum absolute atomic E-state index is 7.92. The van der Waals surface area contributed by atoms with E-state index in [1.54, 1.807) is 0 Å². The van der Waals surface area contributed by atoms with Gasteiger partial charge in [0.25, 0.3) is 0 Å². The molecule has 76 heavy (non-hydrogen) atoms. The van der Waals surface area contributed by atoms with Crippen LogP contribution < -0.4 is 20.6 Å². The van der Waals surface area contributed by atoms with Gasteiger partial charge in [0, 0.05) is 38.8 Å². The summed E-state index contributed by atoms with van der Waals surface area (Å²) in [4.78, 5) is 5.41. The zero-order valence-corrected chi connectivity index (χ0v) is 44.9. The van der Waals surface area contributed by atoms with Gasteiger partial charge in [-0.15, -0.1) is 0 Å². The molecule has 5 aliphatic rings. The summed E-state index contributed by atoms with van der Waals surface area (Å²) < 4.78 is 7.92. The normalized spacial score (nSPS) is 17.0. The molecule has 0 radical (unpaired) electrons. The van der Waals surface area contributed by atoms with Gasteiger partial charge in [-0.1, -0.05) is 213 Å². The minimum atomic E-state index is -0.618. The van der Waals surface area contributed by atoms with Crippen molar-refractivity contribution >= 4 is 57.4 Å². The van der Waals surface area contributed by atoms with Gasteiger partial charge in [0.2, 0.25) is 5.88 Å². The molecule has 0 spiro atoms. The standard InChI is InChI=1S/C72H63BN2O/c1-8-9-24-45-37-38-60(51(41-45)46-25-13-10-14-26-46)74-67-63-52(49-31-19-20-33-55(49)71(63,6)7)42-53-50-32-23-35-57-66(50)75(61-36-22-21-34-56(61)72(57,47-27-15-11-16-28-47)48-29-17-12-18-30-48)73(64(53)67)65-54-43-58-59(44-62(54)76-68(65)74)70(4,5)40-39-69(58,2)3/h10-23,25-38,41-44H,8-9,24,39-40H2,1-7H3. The summed E-state index contributed by atoms with van der Waals surface area (Å²) >= 11 is 0. The first-order chi connectivity index (χ1) is 36.9. The fourth-order valence-electron chi connectivity index (χ4n) is 15.2. The third-order valence-corrected chi connectivity index (χ3v) is 18.9. The molecule has 0 bridgehead atoms. The van der Waals surface area contributed by atoms with Crippen LogP contribution >= 0.6 is 0 Å². The Bertz CT molecular complexity index is 3990. The molecule has 0 amide bonds. The van der Waals surface area contributed by atoms with E-state index >= 15 is 0 Å². The fourth-order valence-corrected chi connectivity index (χ4v) is 15.2. The van der Waals surface area contributed by atoms with Crippen LogP contribution in [0.5, 0.6) is 0 Å². The van der Waals surface area contributed by atoms with Gasteiger partial charge >= 0.3 is 6.85 Å². The molecule has 0 saturated heterocycles. The minimum Gasteiger partial charge on any atom is -0.440 e. The predicted molar refractivity (Wildman–Crippen MR) is 319 cm³/mol. The Labute approximate surface area is 449 Å². The lowest BCUT2D eigenvalue weighted by molar-refractivity contribution is 0.332. The highest BCUT2D eigenvalue weighted by Crippen LogP contribution is 2.64. The summed E-state index contributed by atoms with van der Waals surface area (Å²) in [6.07, 6.45) is 5.58. The maximum atomic E-state index is 7.92. The van der Waals surface area contributed by atoms with Crippen molar-refractivity contribution < 1.29 is 4.42 Å². The number of hydrogen-bond acceptors (Lipinski definition) is 3. The molecule has 3 aliphatic heterocycles. The molecule has 0 unspecified atom stereocenters. The number of nitrogens with zero attached hydrogens (tertiary/aromatic N) is 2. The number of fused-ring (bicyclic) bond motifs is 13. The van der Waals surface area contributed by atoms with Gasteiger partial charge in [-0.2, -0.15) is 0 Å². The fraction of sp³-hybridized carbons (Fsp3) is 0.222. The van der Waals surface area contributed by atoms with Crippen molar-refractivity contribution in [2.75, 3.05) is 9.71 Å². The Morgan fingerprint density at radius 2 is 1.11 bits per heavy atom. The monoisotopic (exact) mass is 983 g/mol. The number of rotatable bonds is 7. The molecule has 3 nitrogen and oxygen atoms in total. The summed E-state index contributed by atoms with van der Waals surface area (Å²) in [6.45, 7) is 16.8. The predicted octanol–water partition coefficient (Wildman–Crippen LogP) is 17.5. The molecular weight excluding hydrogens is 920 g/mol. The van der Waals surface area contributed by atoms with Crippen molar-refractivity contribution in [3.05, 3.63) is 244 Å². The number of furan rings is 1. The van der Waals surface area contributed by atoms with E-state index in [9.17, 15) is 0 Å². The highest BCUT2D eigenvalue weighted by Gasteiger charge is 2.57. The van der Waals surface area contributed by atoms with Gasteiger partial charge in [0.05, 0.1) is 16.8 Å². The van der Waals surface area contributed by atoms with Crippen LogP contribution in [0.4, 0.5) is 28.6 Å². The third kappa shape index (κ3) is 6.02. The zero-order chi connectivity index (χ0) is 51.5. The van der Waals surface area contributed by atoms with Crippen LogP contribution in [0.3, 0.4) is 0 Å². The Kier molecular flexibility index (Phi) is 9.66. The maximum Gasteiger partial charge on any atom is 0.337 e. The van der Waals surface area contributed by atoms with Gasteiger partial charge in [-0.25, -0.2) is 0 Å². The van der Waals surface area contributed by atoms with E-state index in [2.05, 4.69) is 252 Å². The Hall–Kier alpha value is -7.82. The number of unbranched alkanes of at least 4 members (excludes halogenated alkanes) is 1. The molecule has 0 saturated carbocycles. The zero-order valence-electron chi connectivity index (χ0n) is 44.9. The molecule has 0 N–H and O–H groups in total. The molecule has 4 heteroatoms. The first-order valence-electron chi connectivity index (χ1n) is 28.0. The summed E-state index contributed by atoms with van der Waals surface area (Å²) in [5.41, 5.74) is 27.0. The van der Waals surface area contributed by atoms with Crippen LogP contribution in [0.15, 0.2) is 199 Å². The molecule has 1 aromatic heterocycles. The number of anilines is 5. The van der Waals surface area contributed by atoms with Crippen molar-refractivity contribution in [3.8, 4) is 33.4 Å². The molecule has 4 heterocycles. The van der Waals surface area contributed by atoms with E-state index in [1.165, 1.54) is 117 Å². The lowest BCUT2D eigenvalue weighted by Crippen LogP contribution is -2.63. The molecule has 0 atom stereocenters. The van der Waals surface area contributed by atoms with E-state index in [1.807, 2.05) is 0 Å². The van der Waals surface area contributed by atoms with E-state index < -0.39 is 5.41 Å². The smallest absolute Gasteiger partial charge is 0.337 e. The summed E-state index contributed by atoms with van der Waals surface area (Å²) in [5.74, 6) is 0.913. The second-order valence-electron chi connectivity index (χ2n) is 24.4. The lowest BCUT2D eigenvalue weighted by atomic mass is 9.41. The van der Waals surface area contributed by atoms with Crippen molar-refractivity contribution in [2.24, 2.45) is 0 Å². The average molecular weight is 983 g/mol. The summed E-state index contributed by atoms with van der Waals surface area (Å²) in [5, 5.41) is 1.20. The van der Waals surface area contributed by atoms with Crippen LogP contribution in [0, 0.1) is 0 Å². The van der Waals surface area contributed by atoms with Crippen LogP contribution in [0.25, 0.3) is 44.3 Å². The first-order valence-corrected chi connectivity index (χ1v) is 28.0. The van der Waals surface area contributed by atoms with Gasteiger partial charge in [-0.05, 0) is 151 Å². The topological polar surface area (TPSA) is 19.6 Å². The molecule has 2 aliphatic carbocycles.